The summed E-state index contributed by atoms with van der Waals surface area (Å²) in [7, 11) is 0. The molecule has 4 N–H and O–H groups in total. The summed E-state index contributed by atoms with van der Waals surface area (Å²) >= 11 is 0. The number of hydrogen-bond acceptors (Lipinski definition) is 3. The largest absolute Gasteiger partial charge is 0.481 e. The minimum Gasteiger partial charge on any atom is -0.481 e. The zero-order valence-electron chi connectivity index (χ0n) is 9.66. The van der Waals surface area contributed by atoms with Gasteiger partial charge in [-0.2, -0.15) is 0 Å². The Labute approximate surface area is 95.4 Å². The lowest BCUT2D eigenvalue weighted by Crippen LogP contribution is -2.54. The fourth-order valence-corrected chi connectivity index (χ4v) is 2.07. The van der Waals surface area contributed by atoms with Crippen LogP contribution in [0.3, 0.4) is 0 Å². The number of carboxylic acids is 1. The highest BCUT2D eigenvalue weighted by molar-refractivity contribution is 5.87. The third-order valence-corrected chi connectivity index (χ3v) is 3.20. The molecule has 0 aliphatic heterocycles. The Hall–Kier alpha value is -1.10. The highest BCUT2D eigenvalue weighted by Crippen LogP contribution is 2.27. The number of carboxylic acid groups (broad SMARTS) is 1. The van der Waals surface area contributed by atoms with Gasteiger partial charge in [-0.05, 0) is 19.3 Å². The van der Waals surface area contributed by atoms with E-state index in [2.05, 4.69) is 5.32 Å². The molecule has 0 bridgehead atoms. The number of rotatable bonds is 5. The van der Waals surface area contributed by atoms with Crippen molar-refractivity contribution in [3.05, 3.63) is 0 Å². The summed E-state index contributed by atoms with van der Waals surface area (Å²) < 4.78 is 0. The Balaban J connectivity index is 2.51. The first-order chi connectivity index (χ1) is 7.48. The molecule has 1 aliphatic carbocycles. The van der Waals surface area contributed by atoms with E-state index in [1.165, 1.54) is 0 Å². The van der Waals surface area contributed by atoms with Gasteiger partial charge in [0, 0.05) is 6.04 Å². The second-order valence-electron chi connectivity index (χ2n) is 4.54. The van der Waals surface area contributed by atoms with Crippen molar-refractivity contribution in [2.24, 2.45) is 5.73 Å². The maximum Gasteiger partial charge on any atom is 0.305 e. The number of amides is 1. The Kier molecular flexibility index (Phi) is 4.29. The number of aliphatic carboxylic acids is 1. The molecule has 0 spiro atoms. The number of nitrogens with two attached hydrogens (primary N) is 1. The van der Waals surface area contributed by atoms with Crippen LogP contribution in [0, 0.1) is 0 Å². The third kappa shape index (κ3) is 3.20. The molecule has 0 radical (unpaired) electrons. The molecule has 16 heavy (non-hydrogen) atoms. The van der Waals surface area contributed by atoms with Crippen molar-refractivity contribution in [1.29, 1.82) is 0 Å². The molecule has 1 amide bonds. The molecule has 0 aromatic rings. The van der Waals surface area contributed by atoms with Gasteiger partial charge in [-0.3, -0.25) is 9.59 Å². The normalized spacial score (nSPS) is 20.4. The summed E-state index contributed by atoms with van der Waals surface area (Å²) in [5.41, 5.74) is 5.21. The first-order valence-electron chi connectivity index (χ1n) is 5.79. The van der Waals surface area contributed by atoms with Crippen LogP contribution in [0.25, 0.3) is 0 Å². The number of carbonyl (C=O) groups is 2. The van der Waals surface area contributed by atoms with Crippen LogP contribution in [0.4, 0.5) is 0 Å². The zero-order valence-corrected chi connectivity index (χ0v) is 9.66. The molecule has 1 saturated carbocycles. The molecule has 0 heterocycles. The second-order valence-corrected chi connectivity index (χ2v) is 4.54. The molecule has 1 rings (SSSR count). The van der Waals surface area contributed by atoms with Crippen LogP contribution in [-0.4, -0.2) is 28.6 Å². The summed E-state index contributed by atoms with van der Waals surface area (Å²) in [6.45, 7) is 1.85. The van der Waals surface area contributed by atoms with E-state index in [1.807, 2.05) is 6.92 Å². The van der Waals surface area contributed by atoms with Crippen LogP contribution in [0.1, 0.15) is 45.4 Å². The van der Waals surface area contributed by atoms with E-state index < -0.39 is 11.5 Å². The fraction of sp³-hybridized carbons (Fsp3) is 0.818. The van der Waals surface area contributed by atoms with Gasteiger partial charge in [0.25, 0.3) is 0 Å². The molecule has 1 unspecified atom stereocenters. The van der Waals surface area contributed by atoms with Crippen molar-refractivity contribution in [3.8, 4) is 0 Å². The Morgan fingerprint density at radius 1 is 1.44 bits per heavy atom. The fourth-order valence-electron chi connectivity index (χ4n) is 2.07. The highest BCUT2D eigenvalue weighted by Gasteiger charge is 2.37. The predicted octanol–water partition coefficient (Wildman–Crippen LogP) is 0.627. The van der Waals surface area contributed by atoms with Gasteiger partial charge in [0.05, 0.1) is 12.0 Å². The van der Waals surface area contributed by atoms with Crippen LogP contribution in [-0.2, 0) is 9.59 Å². The van der Waals surface area contributed by atoms with Crippen molar-refractivity contribution in [2.45, 2.75) is 57.0 Å². The maximum atomic E-state index is 11.9. The molecular weight excluding hydrogens is 208 g/mol. The first-order valence-corrected chi connectivity index (χ1v) is 5.79. The SMILES string of the molecule is CCC(CC(=O)O)NC(=O)C1(N)CCCC1. The average Bonchev–Trinajstić information content (AvgIpc) is 2.64. The monoisotopic (exact) mass is 228 g/mol. The van der Waals surface area contributed by atoms with Crippen LogP contribution in [0.5, 0.6) is 0 Å². The lowest BCUT2D eigenvalue weighted by Gasteiger charge is -2.25. The van der Waals surface area contributed by atoms with Gasteiger partial charge in [-0.25, -0.2) is 0 Å². The summed E-state index contributed by atoms with van der Waals surface area (Å²) in [5, 5.41) is 11.4. The number of nitrogens with one attached hydrogen (secondary N) is 1. The summed E-state index contributed by atoms with van der Waals surface area (Å²) in [5.74, 6) is -1.09. The van der Waals surface area contributed by atoms with E-state index in [0.717, 1.165) is 12.8 Å². The lowest BCUT2D eigenvalue weighted by molar-refractivity contribution is -0.138. The topological polar surface area (TPSA) is 92.4 Å². The van der Waals surface area contributed by atoms with Gasteiger partial charge in [-0.15, -0.1) is 0 Å². The molecule has 1 fully saturated rings. The first kappa shape index (κ1) is 13.0. The minimum absolute atomic E-state index is 0.0433. The predicted molar refractivity (Wildman–Crippen MR) is 59.9 cm³/mol. The molecule has 5 heteroatoms. The van der Waals surface area contributed by atoms with Gasteiger partial charge < -0.3 is 16.2 Å². The van der Waals surface area contributed by atoms with Gasteiger partial charge in [0.15, 0.2) is 0 Å². The van der Waals surface area contributed by atoms with Crippen molar-refractivity contribution in [1.82, 2.24) is 5.32 Å². The van der Waals surface area contributed by atoms with Crippen LogP contribution >= 0.6 is 0 Å². The molecule has 0 saturated heterocycles. The van der Waals surface area contributed by atoms with Gasteiger partial charge in [-0.1, -0.05) is 19.8 Å². The number of carbonyl (C=O) groups excluding carboxylic acids is 1. The molecule has 1 atom stereocenters. The van der Waals surface area contributed by atoms with Gasteiger partial charge in [0.2, 0.25) is 5.91 Å². The van der Waals surface area contributed by atoms with E-state index in [1.54, 1.807) is 0 Å². The lowest BCUT2D eigenvalue weighted by atomic mass is 9.97. The Morgan fingerprint density at radius 2 is 2.00 bits per heavy atom. The van der Waals surface area contributed by atoms with Crippen molar-refractivity contribution >= 4 is 11.9 Å². The molecule has 1 aliphatic rings. The van der Waals surface area contributed by atoms with Crippen molar-refractivity contribution in [2.75, 3.05) is 0 Å². The van der Waals surface area contributed by atoms with E-state index in [-0.39, 0.29) is 18.4 Å². The van der Waals surface area contributed by atoms with E-state index in [0.29, 0.717) is 19.3 Å². The van der Waals surface area contributed by atoms with Gasteiger partial charge in [0.1, 0.15) is 0 Å². The number of hydrogen-bond donors (Lipinski definition) is 3. The highest BCUT2D eigenvalue weighted by atomic mass is 16.4. The standard InChI is InChI=1S/C11H20N2O3/c1-2-8(7-9(14)15)13-10(16)11(12)5-3-4-6-11/h8H,2-7,12H2,1H3,(H,13,16)(H,14,15). The smallest absolute Gasteiger partial charge is 0.305 e. The van der Waals surface area contributed by atoms with Crippen molar-refractivity contribution in [3.63, 3.8) is 0 Å². The van der Waals surface area contributed by atoms with Crippen LogP contribution in [0.15, 0.2) is 0 Å². The third-order valence-electron chi connectivity index (χ3n) is 3.20. The molecular formula is C11H20N2O3. The van der Waals surface area contributed by atoms with Crippen LogP contribution in [0.2, 0.25) is 0 Å². The molecule has 92 valence electrons. The van der Waals surface area contributed by atoms with E-state index in [4.69, 9.17) is 10.8 Å². The quantitative estimate of drug-likeness (QED) is 0.643. The summed E-state index contributed by atoms with van der Waals surface area (Å²) in [6.07, 6.45) is 3.90. The summed E-state index contributed by atoms with van der Waals surface area (Å²) in [6, 6.07) is -0.314. The molecule has 0 aromatic heterocycles. The Morgan fingerprint density at radius 3 is 2.44 bits per heavy atom. The maximum absolute atomic E-state index is 11.9. The van der Waals surface area contributed by atoms with Crippen molar-refractivity contribution < 1.29 is 14.7 Å². The minimum atomic E-state index is -0.898. The zero-order chi connectivity index (χ0) is 12.2. The van der Waals surface area contributed by atoms with Gasteiger partial charge >= 0.3 is 5.97 Å². The second kappa shape index (κ2) is 5.30. The van der Waals surface area contributed by atoms with E-state index >= 15 is 0 Å². The molecule has 0 aromatic carbocycles. The molecule has 5 nitrogen and oxygen atoms in total. The summed E-state index contributed by atoms with van der Waals surface area (Å²) in [4.78, 5) is 22.5. The van der Waals surface area contributed by atoms with Crippen LogP contribution < -0.4 is 11.1 Å². The Bertz CT molecular complexity index is 272. The average molecular weight is 228 g/mol. The van der Waals surface area contributed by atoms with E-state index in [9.17, 15) is 9.59 Å².